The van der Waals surface area contributed by atoms with Crippen LogP contribution >= 0.6 is 0 Å². The lowest BCUT2D eigenvalue weighted by Crippen LogP contribution is -2.58. The number of amides is 2. The van der Waals surface area contributed by atoms with E-state index in [0.717, 1.165) is 28.7 Å². The van der Waals surface area contributed by atoms with Gasteiger partial charge in [-0.25, -0.2) is 0 Å². The van der Waals surface area contributed by atoms with Gasteiger partial charge in [-0.1, -0.05) is 0 Å². The van der Waals surface area contributed by atoms with Crippen molar-refractivity contribution in [2.24, 2.45) is 0 Å². The second kappa shape index (κ2) is 8.44. The van der Waals surface area contributed by atoms with Crippen LogP contribution in [-0.2, 0) is 16.0 Å². The standard InChI is InChI=1S/C21H27N5O2/c1-13(2)26-9-8-24-21(28)19(26)11-20(27)23-7-6-16-14(3)25-18-5-4-15(12-22)10-17(16)18/h4-5,10,13,19,25H,6-9,11H2,1-3H3,(H,23,27)(H,24,28). The van der Waals surface area contributed by atoms with E-state index < -0.39 is 6.04 Å². The summed E-state index contributed by atoms with van der Waals surface area (Å²) in [5, 5.41) is 15.9. The first kappa shape index (κ1) is 19.9. The molecule has 1 aromatic carbocycles. The highest BCUT2D eigenvalue weighted by atomic mass is 16.2. The van der Waals surface area contributed by atoms with Crippen LogP contribution in [0, 0.1) is 18.3 Å². The van der Waals surface area contributed by atoms with Crippen LogP contribution in [0.1, 0.15) is 37.1 Å². The van der Waals surface area contributed by atoms with Crippen molar-refractivity contribution < 1.29 is 9.59 Å². The number of benzene rings is 1. The SMILES string of the molecule is Cc1[nH]c2ccc(C#N)cc2c1CCNC(=O)CC1C(=O)NCCN1C(C)C. The Hall–Kier alpha value is -2.85. The highest BCUT2D eigenvalue weighted by Gasteiger charge is 2.32. The van der Waals surface area contributed by atoms with Crippen molar-refractivity contribution in [3.63, 3.8) is 0 Å². The van der Waals surface area contributed by atoms with E-state index in [1.807, 2.05) is 32.9 Å². The van der Waals surface area contributed by atoms with Gasteiger partial charge in [0.1, 0.15) is 0 Å². The average molecular weight is 381 g/mol. The molecule has 1 fully saturated rings. The third kappa shape index (κ3) is 4.18. The first-order chi connectivity index (χ1) is 13.4. The number of hydrogen-bond donors (Lipinski definition) is 3. The summed E-state index contributed by atoms with van der Waals surface area (Å²) >= 11 is 0. The number of rotatable bonds is 6. The molecule has 2 amide bonds. The highest BCUT2D eigenvalue weighted by Crippen LogP contribution is 2.23. The van der Waals surface area contributed by atoms with Crippen molar-refractivity contribution in [1.82, 2.24) is 20.5 Å². The van der Waals surface area contributed by atoms with E-state index in [-0.39, 0.29) is 24.3 Å². The molecular weight excluding hydrogens is 354 g/mol. The van der Waals surface area contributed by atoms with Crippen molar-refractivity contribution in [2.45, 2.75) is 45.7 Å². The maximum atomic E-state index is 12.4. The van der Waals surface area contributed by atoms with Crippen LogP contribution in [0.2, 0.25) is 0 Å². The number of carbonyl (C=O) groups is 2. The maximum absolute atomic E-state index is 12.4. The van der Waals surface area contributed by atoms with E-state index in [1.54, 1.807) is 6.07 Å². The molecule has 0 radical (unpaired) electrons. The molecule has 1 saturated heterocycles. The number of nitrogens with zero attached hydrogens (tertiary/aromatic N) is 2. The Morgan fingerprint density at radius 1 is 1.43 bits per heavy atom. The minimum absolute atomic E-state index is 0.0772. The molecule has 0 spiro atoms. The zero-order valence-corrected chi connectivity index (χ0v) is 16.6. The molecule has 1 unspecified atom stereocenters. The zero-order chi connectivity index (χ0) is 20.3. The zero-order valence-electron chi connectivity index (χ0n) is 16.6. The molecule has 3 N–H and O–H groups in total. The van der Waals surface area contributed by atoms with Crippen LogP contribution in [0.15, 0.2) is 18.2 Å². The predicted molar refractivity (Wildman–Crippen MR) is 108 cm³/mol. The molecule has 1 aliphatic rings. The van der Waals surface area contributed by atoms with Crippen LogP contribution in [-0.4, -0.2) is 53.4 Å². The van der Waals surface area contributed by atoms with Gasteiger partial charge in [-0.15, -0.1) is 0 Å². The molecular formula is C21H27N5O2. The third-order valence-corrected chi connectivity index (χ3v) is 5.36. The number of H-pyrrole nitrogens is 1. The monoisotopic (exact) mass is 381 g/mol. The largest absolute Gasteiger partial charge is 0.358 e. The van der Waals surface area contributed by atoms with E-state index in [9.17, 15) is 9.59 Å². The summed E-state index contributed by atoms with van der Waals surface area (Å²) in [5.74, 6) is -0.200. The number of carbonyl (C=O) groups excluding carboxylic acids is 2. The van der Waals surface area contributed by atoms with E-state index in [4.69, 9.17) is 5.26 Å². The van der Waals surface area contributed by atoms with Gasteiger partial charge in [-0.05, 0) is 51.0 Å². The van der Waals surface area contributed by atoms with Crippen molar-refractivity contribution >= 4 is 22.7 Å². The fourth-order valence-corrected chi connectivity index (χ4v) is 3.91. The molecule has 2 aromatic rings. The summed E-state index contributed by atoms with van der Waals surface area (Å²) in [5.41, 5.74) is 3.75. The first-order valence-corrected chi connectivity index (χ1v) is 9.72. The van der Waals surface area contributed by atoms with Crippen LogP contribution in [0.25, 0.3) is 10.9 Å². The molecule has 0 saturated carbocycles. The average Bonchev–Trinajstić information content (AvgIpc) is 2.97. The molecule has 7 nitrogen and oxygen atoms in total. The molecule has 0 bridgehead atoms. The van der Waals surface area contributed by atoms with E-state index in [2.05, 4.69) is 26.6 Å². The van der Waals surface area contributed by atoms with Gasteiger partial charge in [0.25, 0.3) is 0 Å². The fraction of sp³-hybridized carbons (Fsp3) is 0.476. The lowest BCUT2D eigenvalue weighted by atomic mass is 10.0. The van der Waals surface area contributed by atoms with Crippen molar-refractivity contribution in [3.05, 3.63) is 35.0 Å². The fourth-order valence-electron chi connectivity index (χ4n) is 3.91. The van der Waals surface area contributed by atoms with Crippen molar-refractivity contribution in [3.8, 4) is 6.07 Å². The molecule has 2 heterocycles. The third-order valence-electron chi connectivity index (χ3n) is 5.36. The summed E-state index contributed by atoms with van der Waals surface area (Å²) in [4.78, 5) is 30.0. The van der Waals surface area contributed by atoms with Gasteiger partial charge >= 0.3 is 0 Å². The highest BCUT2D eigenvalue weighted by molar-refractivity contribution is 5.89. The lowest BCUT2D eigenvalue weighted by Gasteiger charge is -2.37. The van der Waals surface area contributed by atoms with Gasteiger partial charge in [0.15, 0.2) is 0 Å². The molecule has 3 rings (SSSR count). The molecule has 0 aliphatic carbocycles. The number of nitriles is 1. The summed E-state index contributed by atoms with van der Waals surface area (Å²) in [6.07, 6.45) is 0.826. The molecule has 1 aromatic heterocycles. The van der Waals surface area contributed by atoms with E-state index >= 15 is 0 Å². The smallest absolute Gasteiger partial charge is 0.237 e. The second-order valence-corrected chi connectivity index (χ2v) is 7.54. The van der Waals surface area contributed by atoms with Gasteiger partial charge in [0.05, 0.1) is 24.1 Å². The van der Waals surface area contributed by atoms with Crippen LogP contribution in [0.3, 0.4) is 0 Å². The number of aromatic amines is 1. The van der Waals surface area contributed by atoms with Crippen LogP contribution in [0.4, 0.5) is 0 Å². The van der Waals surface area contributed by atoms with Gasteiger partial charge in [-0.2, -0.15) is 5.26 Å². The Morgan fingerprint density at radius 3 is 2.93 bits per heavy atom. The number of hydrogen-bond acceptors (Lipinski definition) is 4. The van der Waals surface area contributed by atoms with Crippen molar-refractivity contribution in [2.75, 3.05) is 19.6 Å². The maximum Gasteiger partial charge on any atom is 0.237 e. The van der Waals surface area contributed by atoms with Crippen LogP contribution in [0.5, 0.6) is 0 Å². The number of fused-ring (bicyclic) bond motifs is 1. The summed E-state index contributed by atoms with van der Waals surface area (Å²) < 4.78 is 0. The minimum atomic E-state index is -0.415. The number of aromatic nitrogens is 1. The number of piperazine rings is 1. The summed E-state index contributed by atoms with van der Waals surface area (Å²) in [7, 11) is 0. The predicted octanol–water partition coefficient (Wildman–Crippen LogP) is 1.61. The lowest BCUT2D eigenvalue weighted by molar-refractivity contribution is -0.134. The number of nitrogens with one attached hydrogen (secondary N) is 3. The Morgan fingerprint density at radius 2 is 2.21 bits per heavy atom. The summed E-state index contributed by atoms with van der Waals surface area (Å²) in [6, 6.07) is 7.54. The van der Waals surface area contributed by atoms with E-state index in [0.29, 0.717) is 25.1 Å². The quantitative estimate of drug-likeness (QED) is 0.707. The van der Waals surface area contributed by atoms with Crippen LogP contribution < -0.4 is 10.6 Å². The van der Waals surface area contributed by atoms with Gasteiger partial charge in [0, 0.05) is 42.3 Å². The van der Waals surface area contributed by atoms with E-state index in [1.165, 1.54) is 0 Å². The van der Waals surface area contributed by atoms with Gasteiger partial charge < -0.3 is 15.6 Å². The number of aryl methyl sites for hydroxylation is 1. The molecule has 148 valence electrons. The summed E-state index contributed by atoms with van der Waals surface area (Å²) in [6.45, 7) is 7.95. The molecule has 1 aliphatic heterocycles. The van der Waals surface area contributed by atoms with Gasteiger partial charge in [-0.3, -0.25) is 14.5 Å². The molecule has 1 atom stereocenters. The normalized spacial score (nSPS) is 17.5. The Bertz CT molecular complexity index is 925. The Kier molecular flexibility index (Phi) is 6.00. The first-order valence-electron chi connectivity index (χ1n) is 9.72. The minimum Gasteiger partial charge on any atom is -0.358 e. The second-order valence-electron chi connectivity index (χ2n) is 7.54. The molecule has 7 heteroatoms. The Balaban J connectivity index is 1.61. The Labute approximate surface area is 165 Å². The van der Waals surface area contributed by atoms with Gasteiger partial charge in [0.2, 0.25) is 11.8 Å². The topological polar surface area (TPSA) is 101 Å². The molecule has 28 heavy (non-hydrogen) atoms. The van der Waals surface area contributed by atoms with Crippen molar-refractivity contribution in [1.29, 1.82) is 5.26 Å².